The highest BCUT2D eigenvalue weighted by Crippen LogP contribution is 2.26. The molecule has 0 aromatic heterocycles. The molecule has 0 aliphatic heterocycles. The molecule has 0 spiro atoms. The van der Waals surface area contributed by atoms with E-state index in [2.05, 4.69) is 34.6 Å². The van der Waals surface area contributed by atoms with Gasteiger partial charge in [0.05, 0.1) is 41.7 Å². The molecule has 7 atom stereocenters. The molecule has 0 aliphatic rings. The molecule has 0 heterocycles. The third-order valence-electron chi connectivity index (χ3n) is 13.3. The summed E-state index contributed by atoms with van der Waals surface area (Å²) in [5.41, 5.74) is -1.78. The van der Waals surface area contributed by atoms with Gasteiger partial charge in [0.2, 0.25) is 5.92 Å². The summed E-state index contributed by atoms with van der Waals surface area (Å²) >= 11 is 0. The van der Waals surface area contributed by atoms with Gasteiger partial charge in [0.15, 0.2) is 0 Å². The van der Waals surface area contributed by atoms with Crippen molar-refractivity contribution in [1.82, 2.24) is 4.90 Å². The standard InChI is InChI=1S/C7H17NO.C7H16O2.3C7H16O.C6H12F2.2C6H14O.C5H12O/c1-6(2)7(9)5-8(3)4;1-4-7(9,5-8)6(2)3;2*1-5-7(4,8)6(2)3;1-4-7(5-8)6(2)3;1-4-6(7,8)5(2)3;2*1-4-6(7)5(2)3;1-5(2)3-4-6/h6-7,9H,5H2,1-4H3;6,8-9H,4-5H2,1-3H3;2*6,8H,5H2,1-4H3;6-8H,4-5H2,1-3H3;5H,4H2,1-3H3;2*5-7H,4H2,1-3H3;5-6H,3-4H2,1-2H3/t7-;;2*7-;;;2*6-;/m1.10..10./s1. The minimum absolute atomic E-state index is 0.0509. The molecule has 70 heavy (non-hydrogen) atoms. The first-order chi connectivity index (χ1) is 31.5. The van der Waals surface area contributed by atoms with Crippen LogP contribution in [0.3, 0.4) is 0 Å². The van der Waals surface area contributed by atoms with Gasteiger partial charge in [0.1, 0.15) is 0 Å². The number of likely N-dealkylation sites (N-methyl/N-ethyl adjacent to an activating group) is 1. The minimum Gasteiger partial charge on any atom is -0.396 e. The van der Waals surface area contributed by atoms with Crippen LogP contribution in [-0.4, -0.2) is 132 Å². The minimum atomic E-state index is -2.46. The predicted molar refractivity (Wildman–Crippen MR) is 303 cm³/mol. The van der Waals surface area contributed by atoms with Crippen molar-refractivity contribution < 1.29 is 54.7 Å². The van der Waals surface area contributed by atoms with Gasteiger partial charge in [-0.2, -0.15) is 0 Å². The molecule has 12 heteroatoms. The fourth-order valence-corrected chi connectivity index (χ4v) is 4.52. The Morgan fingerprint density at radius 2 is 0.771 bits per heavy atom. The third-order valence-corrected chi connectivity index (χ3v) is 13.3. The molecular formula is C58H133F2NO9. The number of aliphatic hydroxyl groups is 9. The summed E-state index contributed by atoms with van der Waals surface area (Å²) in [5.74, 6) is 0.886. The summed E-state index contributed by atoms with van der Waals surface area (Å²) in [6, 6.07) is 0. The summed E-state index contributed by atoms with van der Waals surface area (Å²) in [7, 11) is 3.93. The lowest BCUT2D eigenvalue weighted by Gasteiger charge is -2.28. The number of aliphatic hydroxyl groups excluding tert-OH is 6. The topological polar surface area (TPSA) is 185 Å². The summed E-state index contributed by atoms with van der Waals surface area (Å²) in [6.07, 6.45) is 5.63. The zero-order valence-electron chi connectivity index (χ0n) is 52.2. The van der Waals surface area contributed by atoms with E-state index < -0.39 is 28.6 Å². The average molecular weight is 1030 g/mol. The van der Waals surface area contributed by atoms with Crippen LogP contribution in [0.1, 0.15) is 238 Å². The molecule has 0 saturated carbocycles. The Balaban J connectivity index is -0.0000000856. The van der Waals surface area contributed by atoms with Crippen molar-refractivity contribution in [2.75, 3.05) is 40.5 Å². The number of hydrogen-bond donors (Lipinski definition) is 9. The highest BCUT2D eigenvalue weighted by atomic mass is 19.3. The second kappa shape index (κ2) is 51.9. The first-order valence-corrected chi connectivity index (χ1v) is 27.5. The smallest absolute Gasteiger partial charge is 0.250 e. The third kappa shape index (κ3) is 61.8. The highest BCUT2D eigenvalue weighted by molar-refractivity contribution is 4.78. The Bertz CT molecular complexity index is 936. The predicted octanol–water partition coefficient (Wildman–Crippen LogP) is 13.1. The van der Waals surface area contributed by atoms with E-state index in [4.69, 9.17) is 25.5 Å². The lowest BCUT2D eigenvalue weighted by Crippen LogP contribution is -2.38. The fourth-order valence-electron chi connectivity index (χ4n) is 4.52. The maximum absolute atomic E-state index is 12.3. The molecular weight excluding hydrogens is 893 g/mol. The van der Waals surface area contributed by atoms with Crippen molar-refractivity contribution in [2.45, 2.75) is 279 Å². The van der Waals surface area contributed by atoms with Gasteiger partial charge in [0.25, 0.3) is 0 Å². The first-order valence-electron chi connectivity index (χ1n) is 27.5. The number of rotatable bonds is 21. The van der Waals surface area contributed by atoms with Gasteiger partial charge in [0, 0.05) is 32.1 Å². The second-order valence-corrected chi connectivity index (χ2v) is 22.8. The van der Waals surface area contributed by atoms with E-state index in [1.165, 1.54) is 20.8 Å². The van der Waals surface area contributed by atoms with Crippen molar-refractivity contribution >= 4 is 0 Å². The van der Waals surface area contributed by atoms with E-state index in [-0.39, 0.29) is 37.3 Å². The fraction of sp³-hybridized carbons (Fsp3) is 1.00. The molecule has 0 fully saturated rings. The quantitative estimate of drug-likeness (QED) is 0.0536. The summed E-state index contributed by atoms with van der Waals surface area (Å²) in [6.45, 7) is 54.1. The lowest BCUT2D eigenvalue weighted by atomic mass is 9.89. The van der Waals surface area contributed by atoms with Gasteiger partial charge < -0.3 is 50.9 Å². The van der Waals surface area contributed by atoms with Crippen molar-refractivity contribution in [3.8, 4) is 0 Å². The van der Waals surface area contributed by atoms with Gasteiger partial charge >= 0.3 is 0 Å². The van der Waals surface area contributed by atoms with E-state index >= 15 is 0 Å². The van der Waals surface area contributed by atoms with Crippen LogP contribution < -0.4 is 0 Å². The van der Waals surface area contributed by atoms with E-state index in [0.717, 1.165) is 45.1 Å². The van der Waals surface area contributed by atoms with Crippen LogP contribution >= 0.6 is 0 Å². The van der Waals surface area contributed by atoms with Crippen LogP contribution in [0.5, 0.6) is 0 Å². The van der Waals surface area contributed by atoms with Crippen LogP contribution in [0.15, 0.2) is 0 Å². The van der Waals surface area contributed by atoms with Crippen LogP contribution in [0.2, 0.25) is 0 Å². The first kappa shape index (κ1) is 89.1. The maximum Gasteiger partial charge on any atom is 0.250 e. The maximum atomic E-state index is 12.3. The number of halogens is 2. The molecule has 0 aromatic carbocycles. The molecule has 0 rings (SSSR count). The van der Waals surface area contributed by atoms with Gasteiger partial charge in [-0.05, 0) is 120 Å². The largest absolute Gasteiger partial charge is 0.396 e. The van der Waals surface area contributed by atoms with Gasteiger partial charge in [-0.25, -0.2) is 8.78 Å². The normalized spacial score (nSPS) is 15.5. The Hall–Kier alpha value is -0.540. The van der Waals surface area contributed by atoms with Crippen molar-refractivity contribution in [3.63, 3.8) is 0 Å². The molecule has 9 N–H and O–H groups in total. The van der Waals surface area contributed by atoms with E-state index in [1.54, 1.807) is 0 Å². The molecule has 438 valence electrons. The summed E-state index contributed by atoms with van der Waals surface area (Å²) < 4.78 is 24.6. The monoisotopic (exact) mass is 1030 g/mol. The zero-order valence-corrected chi connectivity index (χ0v) is 52.2. The number of hydrogen-bond acceptors (Lipinski definition) is 10. The summed E-state index contributed by atoms with van der Waals surface area (Å²) in [5, 5.41) is 81.0. The molecule has 0 amide bonds. The Labute approximate surface area is 437 Å². The van der Waals surface area contributed by atoms with Crippen LogP contribution in [0.25, 0.3) is 0 Å². The van der Waals surface area contributed by atoms with Gasteiger partial charge in [-0.15, -0.1) is 0 Å². The summed E-state index contributed by atoms with van der Waals surface area (Å²) in [4.78, 5) is 1.99. The molecule has 0 bridgehead atoms. The molecule has 0 aromatic rings. The van der Waals surface area contributed by atoms with Crippen molar-refractivity contribution in [3.05, 3.63) is 0 Å². The SMILES string of the molecule is CC(C)CCO.CC(C)[C@H](O)CN(C)C.CCC(CO)C(C)C.CCC(F)(F)C(C)C.CCC(O)(CO)C(C)C.CC[C@@H](O)C(C)C.CC[C@@](C)(O)C(C)C.CC[C@H](O)C(C)C.CC[C@](C)(O)C(C)C. The highest BCUT2D eigenvalue weighted by Gasteiger charge is 2.30. The Morgan fingerprint density at radius 3 is 0.786 bits per heavy atom. The van der Waals surface area contributed by atoms with E-state index in [1.807, 2.05) is 151 Å². The van der Waals surface area contributed by atoms with Gasteiger partial charge in [-0.1, -0.05) is 180 Å². The number of nitrogens with zero attached hydrogens (tertiary/aromatic N) is 1. The Morgan fingerprint density at radius 1 is 0.443 bits per heavy atom. The van der Waals surface area contributed by atoms with Gasteiger partial charge in [-0.3, -0.25) is 0 Å². The van der Waals surface area contributed by atoms with Crippen molar-refractivity contribution in [1.29, 1.82) is 0 Å². The Kier molecular flexibility index (Phi) is 66.1. The van der Waals surface area contributed by atoms with Crippen LogP contribution in [-0.2, 0) is 0 Å². The van der Waals surface area contributed by atoms with E-state index in [0.29, 0.717) is 67.0 Å². The molecule has 0 radical (unpaired) electrons. The molecule has 0 aliphatic carbocycles. The molecule has 2 unspecified atom stereocenters. The second-order valence-electron chi connectivity index (χ2n) is 22.8. The zero-order chi connectivity index (χ0) is 58.6. The molecule has 0 saturated heterocycles. The average Bonchev–Trinajstić information content (AvgIpc) is 3.26. The van der Waals surface area contributed by atoms with Crippen molar-refractivity contribution in [2.24, 2.45) is 59.2 Å². The van der Waals surface area contributed by atoms with Crippen LogP contribution in [0, 0.1) is 59.2 Å². The van der Waals surface area contributed by atoms with Crippen LogP contribution in [0.4, 0.5) is 8.78 Å². The number of alkyl halides is 2. The molecule has 10 nitrogen and oxygen atoms in total. The lowest BCUT2D eigenvalue weighted by molar-refractivity contribution is -0.0536. The van der Waals surface area contributed by atoms with E-state index in [9.17, 15) is 29.2 Å².